The number of para-hydroxylation sites is 1. The summed E-state index contributed by atoms with van der Waals surface area (Å²) in [5.41, 5.74) is 3.47. The largest absolute Gasteiger partial charge is 0.481 e. The quantitative estimate of drug-likeness (QED) is 0.762. The topological polar surface area (TPSA) is 82.2 Å². The zero-order chi connectivity index (χ0) is 15.4. The molecule has 0 aliphatic carbocycles. The number of carbonyl (C=O) groups excluding carboxylic acids is 1. The Morgan fingerprint density at radius 3 is 2.86 bits per heavy atom. The highest BCUT2D eigenvalue weighted by Crippen LogP contribution is 2.21. The summed E-state index contributed by atoms with van der Waals surface area (Å²) in [6.45, 7) is 4.18. The van der Waals surface area contributed by atoms with Crippen LogP contribution in [0, 0.1) is 12.8 Å². The molecule has 1 atom stereocenters. The molecule has 1 heterocycles. The Morgan fingerprint density at radius 1 is 1.38 bits per heavy atom. The summed E-state index contributed by atoms with van der Waals surface area (Å²) >= 11 is 0. The van der Waals surface area contributed by atoms with E-state index in [0.29, 0.717) is 6.54 Å². The van der Waals surface area contributed by atoms with Gasteiger partial charge in [0.1, 0.15) is 0 Å². The van der Waals surface area contributed by atoms with Crippen molar-refractivity contribution in [1.82, 2.24) is 10.3 Å². The van der Waals surface area contributed by atoms with E-state index in [-0.39, 0.29) is 12.3 Å². The van der Waals surface area contributed by atoms with Gasteiger partial charge in [-0.2, -0.15) is 0 Å². The summed E-state index contributed by atoms with van der Waals surface area (Å²) in [6.07, 6.45) is 2.54. The third kappa shape index (κ3) is 3.62. The van der Waals surface area contributed by atoms with Crippen LogP contribution in [0.15, 0.2) is 24.4 Å². The minimum Gasteiger partial charge on any atom is -0.481 e. The van der Waals surface area contributed by atoms with E-state index in [1.165, 1.54) is 10.9 Å². The van der Waals surface area contributed by atoms with E-state index in [9.17, 15) is 9.59 Å². The predicted molar refractivity (Wildman–Crippen MR) is 81.2 cm³/mol. The molecule has 5 nitrogen and oxygen atoms in total. The molecule has 2 rings (SSSR count). The van der Waals surface area contributed by atoms with Gasteiger partial charge in [0.2, 0.25) is 5.91 Å². The summed E-state index contributed by atoms with van der Waals surface area (Å²) in [5.74, 6) is -1.68. The molecule has 0 unspecified atom stereocenters. The highest BCUT2D eigenvalue weighted by molar-refractivity contribution is 5.86. The van der Waals surface area contributed by atoms with Crippen molar-refractivity contribution in [2.24, 2.45) is 5.92 Å². The molecule has 5 heteroatoms. The number of amides is 1. The number of fused-ring (bicyclic) bond motifs is 1. The summed E-state index contributed by atoms with van der Waals surface area (Å²) in [6, 6.07) is 6.13. The lowest BCUT2D eigenvalue weighted by Gasteiger charge is -2.09. The average Bonchev–Trinajstić information content (AvgIpc) is 2.83. The van der Waals surface area contributed by atoms with Crippen molar-refractivity contribution < 1.29 is 14.7 Å². The fourth-order valence-electron chi connectivity index (χ4n) is 2.42. The first kappa shape index (κ1) is 15.1. The molecule has 0 radical (unpaired) electrons. The number of aromatic amines is 1. The smallest absolute Gasteiger partial charge is 0.304 e. The van der Waals surface area contributed by atoms with Crippen LogP contribution in [0.3, 0.4) is 0 Å². The van der Waals surface area contributed by atoms with E-state index >= 15 is 0 Å². The van der Waals surface area contributed by atoms with Gasteiger partial charge in [-0.15, -0.1) is 0 Å². The van der Waals surface area contributed by atoms with E-state index in [1.54, 1.807) is 6.92 Å². The standard InChI is InChI=1S/C16H20N2O3/c1-10-4-3-5-13-12(9-18-15(10)13)6-7-17-16(21)11(2)8-14(19)20/h3-5,9,11,18H,6-8H2,1-2H3,(H,17,21)(H,19,20)/t11-/m0/s1. The normalized spacial score (nSPS) is 12.3. The van der Waals surface area contributed by atoms with Crippen molar-refractivity contribution in [3.05, 3.63) is 35.5 Å². The summed E-state index contributed by atoms with van der Waals surface area (Å²) < 4.78 is 0. The molecule has 0 fully saturated rings. The van der Waals surface area contributed by atoms with E-state index in [2.05, 4.69) is 29.4 Å². The first-order valence-electron chi connectivity index (χ1n) is 7.04. The van der Waals surface area contributed by atoms with Crippen molar-refractivity contribution in [3.8, 4) is 0 Å². The molecule has 1 aromatic heterocycles. The molecule has 1 aromatic carbocycles. The number of aliphatic carboxylic acids is 1. The molecule has 0 spiro atoms. The zero-order valence-electron chi connectivity index (χ0n) is 12.3. The van der Waals surface area contributed by atoms with Crippen molar-refractivity contribution in [2.75, 3.05) is 6.54 Å². The second-order valence-corrected chi connectivity index (χ2v) is 5.35. The SMILES string of the molecule is Cc1cccc2c(CCNC(=O)[C@@H](C)CC(=O)O)c[nH]c12. The summed E-state index contributed by atoms with van der Waals surface area (Å²) in [7, 11) is 0. The lowest BCUT2D eigenvalue weighted by atomic mass is 10.1. The Morgan fingerprint density at radius 2 is 2.14 bits per heavy atom. The predicted octanol–water partition coefficient (Wildman–Crippen LogP) is 2.25. The van der Waals surface area contributed by atoms with Crippen LogP contribution in [0.1, 0.15) is 24.5 Å². The van der Waals surface area contributed by atoms with Crippen molar-refractivity contribution in [1.29, 1.82) is 0 Å². The number of nitrogens with one attached hydrogen (secondary N) is 2. The molecule has 0 aliphatic rings. The van der Waals surface area contributed by atoms with Crippen LogP contribution >= 0.6 is 0 Å². The van der Waals surface area contributed by atoms with Gasteiger partial charge in [-0.25, -0.2) is 0 Å². The monoisotopic (exact) mass is 288 g/mol. The lowest BCUT2D eigenvalue weighted by Crippen LogP contribution is -2.31. The Hall–Kier alpha value is -2.30. The van der Waals surface area contributed by atoms with Gasteiger partial charge >= 0.3 is 5.97 Å². The van der Waals surface area contributed by atoms with Crippen molar-refractivity contribution in [2.45, 2.75) is 26.7 Å². The molecule has 3 N–H and O–H groups in total. The first-order chi connectivity index (χ1) is 9.99. The van der Waals surface area contributed by atoms with Gasteiger partial charge in [0, 0.05) is 29.6 Å². The second kappa shape index (κ2) is 6.43. The Labute approximate surface area is 123 Å². The minimum atomic E-state index is -0.954. The summed E-state index contributed by atoms with van der Waals surface area (Å²) in [5, 5.41) is 12.6. The van der Waals surface area contributed by atoms with Crippen LogP contribution in [0.25, 0.3) is 10.9 Å². The molecule has 1 amide bonds. The number of benzene rings is 1. The number of hydrogen-bond acceptors (Lipinski definition) is 2. The molecular formula is C16H20N2O3. The Kier molecular flexibility index (Phi) is 4.62. The van der Waals surface area contributed by atoms with Gasteiger partial charge in [0.25, 0.3) is 0 Å². The van der Waals surface area contributed by atoms with Crippen LogP contribution < -0.4 is 5.32 Å². The molecule has 0 saturated heterocycles. The van der Waals surface area contributed by atoms with Gasteiger partial charge in [0.05, 0.1) is 6.42 Å². The molecular weight excluding hydrogens is 268 g/mol. The third-order valence-electron chi connectivity index (χ3n) is 3.63. The first-order valence-corrected chi connectivity index (χ1v) is 7.04. The summed E-state index contributed by atoms with van der Waals surface area (Å²) in [4.78, 5) is 25.6. The Balaban J connectivity index is 1.92. The number of hydrogen-bond donors (Lipinski definition) is 3. The molecule has 2 aromatic rings. The maximum absolute atomic E-state index is 11.7. The van der Waals surface area contributed by atoms with Crippen molar-refractivity contribution in [3.63, 3.8) is 0 Å². The molecule has 0 saturated carbocycles. The molecule has 0 bridgehead atoms. The van der Waals surface area contributed by atoms with Crippen LogP contribution in [-0.2, 0) is 16.0 Å². The number of carboxylic acids is 1. The molecule has 0 aliphatic heterocycles. The highest BCUT2D eigenvalue weighted by atomic mass is 16.4. The lowest BCUT2D eigenvalue weighted by molar-refractivity contribution is -0.140. The minimum absolute atomic E-state index is 0.141. The number of carbonyl (C=O) groups is 2. The van der Waals surface area contributed by atoms with E-state index in [4.69, 9.17) is 5.11 Å². The number of carboxylic acid groups (broad SMARTS) is 1. The Bertz CT molecular complexity index is 661. The van der Waals surface area contributed by atoms with Gasteiger partial charge in [-0.1, -0.05) is 25.1 Å². The van der Waals surface area contributed by atoms with E-state index in [1.807, 2.05) is 12.3 Å². The van der Waals surface area contributed by atoms with Gasteiger partial charge in [-0.3, -0.25) is 9.59 Å². The van der Waals surface area contributed by atoms with Crippen LogP contribution in [0.5, 0.6) is 0 Å². The highest BCUT2D eigenvalue weighted by Gasteiger charge is 2.16. The van der Waals surface area contributed by atoms with Gasteiger partial charge in [0.15, 0.2) is 0 Å². The van der Waals surface area contributed by atoms with Crippen molar-refractivity contribution >= 4 is 22.8 Å². The fraction of sp³-hybridized carbons (Fsp3) is 0.375. The number of H-pyrrole nitrogens is 1. The maximum Gasteiger partial charge on any atom is 0.304 e. The second-order valence-electron chi connectivity index (χ2n) is 5.35. The fourth-order valence-corrected chi connectivity index (χ4v) is 2.42. The van der Waals surface area contributed by atoms with Gasteiger partial charge in [-0.05, 0) is 24.5 Å². The molecule has 21 heavy (non-hydrogen) atoms. The van der Waals surface area contributed by atoms with Crippen LogP contribution in [-0.4, -0.2) is 28.5 Å². The molecule has 112 valence electrons. The zero-order valence-corrected chi connectivity index (χ0v) is 12.3. The van der Waals surface area contributed by atoms with Crippen LogP contribution in [0.2, 0.25) is 0 Å². The number of aryl methyl sites for hydroxylation is 1. The average molecular weight is 288 g/mol. The number of aromatic nitrogens is 1. The van der Waals surface area contributed by atoms with E-state index in [0.717, 1.165) is 17.5 Å². The third-order valence-corrected chi connectivity index (χ3v) is 3.63. The van der Waals surface area contributed by atoms with Crippen LogP contribution in [0.4, 0.5) is 0 Å². The maximum atomic E-state index is 11.7. The number of rotatable bonds is 6. The van der Waals surface area contributed by atoms with Gasteiger partial charge < -0.3 is 15.4 Å². The van der Waals surface area contributed by atoms with E-state index < -0.39 is 11.9 Å².